The van der Waals surface area contributed by atoms with Crippen LogP contribution in [0.1, 0.15) is 11.3 Å². The molecule has 88 valence electrons. The SMILES string of the molecule is Cc1occc1Sc1ccc(Br)cc1C(=N)N. The first-order chi connectivity index (χ1) is 8.08. The fourth-order valence-electron chi connectivity index (χ4n) is 1.40. The lowest BCUT2D eigenvalue weighted by molar-refractivity contribution is 0.527. The van der Waals surface area contributed by atoms with Crippen LogP contribution in [0.2, 0.25) is 0 Å². The van der Waals surface area contributed by atoms with Gasteiger partial charge in [0.15, 0.2) is 0 Å². The number of hydrogen-bond acceptors (Lipinski definition) is 3. The average molecular weight is 311 g/mol. The van der Waals surface area contributed by atoms with Crippen LogP contribution in [0.3, 0.4) is 0 Å². The molecule has 0 fully saturated rings. The molecule has 1 heterocycles. The Labute approximate surface area is 112 Å². The topological polar surface area (TPSA) is 63.0 Å². The minimum absolute atomic E-state index is 0.0648. The first kappa shape index (κ1) is 12.3. The van der Waals surface area contributed by atoms with Crippen LogP contribution in [0.15, 0.2) is 49.2 Å². The van der Waals surface area contributed by atoms with E-state index in [1.807, 2.05) is 31.2 Å². The molecule has 0 spiro atoms. The molecular weight excluding hydrogens is 300 g/mol. The molecule has 0 amide bonds. The van der Waals surface area contributed by atoms with E-state index in [2.05, 4.69) is 15.9 Å². The highest BCUT2D eigenvalue weighted by atomic mass is 79.9. The second-order valence-corrected chi connectivity index (χ2v) is 5.50. The van der Waals surface area contributed by atoms with Crippen molar-refractivity contribution in [1.29, 1.82) is 5.41 Å². The van der Waals surface area contributed by atoms with Crippen molar-refractivity contribution in [3.63, 3.8) is 0 Å². The fourth-order valence-corrected chi connectivity index (χ4v) is 2.73. The van der Waals surface area contributed by atoms with Crippen LogP contribution < -0.4 is 5.73 Å². The van der Waals surface area contributed by atoms with E-state index in [1.165, 1.54) is 0 Å². The predicted molar refractivity (Wildman–Crippen MR) is 72.7 cm³/mol. The summed E-state index contributed by atoms with van der Waals surface area (Å²) in [5.41, 5.74) is 6.30. The number of benzene rings is 1. The molecule has 0 bridgehead atoms. The van der Waals surface area contributed by atoms with Crippen molar-refractivity contribution in [3.05, 3.63) is 46.3 Å². The van der Waals surface area contributed by atoms with Crippen molar-refractivity contribution < 1.29 is 4.42 Å². The molecule has 2 aromatic rings. The average Bonchev–Trinajstić information content (AvgIpc) is 2.67. The van der Waals surface area contributed by atoms with E-state index < -0.39 is 0 Å². The molecule has 0 saturated heterocycles. The maximum Gasteiger partial charge on any atom is 0.123 e. The molecule has 0 aliphatic rings. The number of hydrogen-bond donors (Lipinski definition) is 2. The Kier molecular flexibility index (Phi) is 3.59. The van der Waals surface area contributed by atoms with Gasteiger partial charge in [-0.05, 0) is 31.2 Å². The molecule has 1 aromatic carbocycles. The minimum atomic E-state index is 0.0648. The number of nitrogens with one attached hydrogen (secondary N) is 1. The van der Waals surface area contributed by atoms with Gasteiger partial charge in [0.05, 0.1) is 11.2 Å². The highest BCUT2D eigenvalue weighted by molar-refractivity contribution is 9.10. The molecule has 3 nitrogen and oxygen atoms in total. The van der Waals surface area contributed by atoms with Gasteiger partial charge in [0, 0.05) is 14.9 Å². The second kappa shape index (κ2) is 4.98. The van der Waals surface area contributed by atoms with Gasteiger partial charge in [-0.25, -0.2) is 0 Å². The van der Waals surface area contributed by atoms with Gasteiger partial charge < -0.3 is 10.2 Å². The molecule has 2 rings (SSSR count). The molecule has 0 atom stereocenters. The summed E-state index contributed by atoms with van der Waals surface area (Å²) in [6.07, 6.45) is 1.66. The fraction of sp³-hybridized carbons (Fsp3) is 0.0833. The van der Waals surface area contributed by atoms with Gasteiger partial charge in [-0.15, -0.1) is 0 Å². The number of nitrogen functional groups attached to an aromatic ring is 1. The molecule has 0 unspecified atom stereocenters. The lowest BCUT2D eigenvalue weighted by Crippen LogP contribution is -2.12. The number of rotatable bonds is 3. The second-order valence-electron chi connectivity index (χ2n) is 3.50. The Hall–Kier alpha value is -1.20. The third-order valence-electron chi connectivity index (χ3n) is 2.26. The summed E-state index contributed by atoms with van der Waals surface area (Å²) < 4.78 is 6.16. The van der Waals surface area contributed by atoms with Gasteiger partial charge >= 0.3 is 0 Å². The van der Waals surface area contributed by atoms with Crippen LogP contribution in [0.5, 0.6) is 0 Å². The van der Waals surface area contributed by atoms with Crippen LogP contribution >= 0.6 is 27.7 Å². The zero-order chi connectivity index (χ0) is 12.4. The molecule has 0 aliphatic carbocycles. The Morgan fingerprint density at radius 3 is 2.71 bits per heavy atom. The Balaban J connectivity index is 2.39. The van der Waals surface area contributed by atoms with Gasteiger partial charge in [-0.2, -0.15) is 0 Å². The standard InChI is InChI=1S/C12H11BrN2OS/c1-7-10(4-5-16-7)17-11-3-2-8(13)6-9(11)12(14)15/h2-6H,1H3,(H3,14,15). The summed E-state index contributed by atoms with van der Waals surface area (Å²) in [5.74, 6) is 0.933. The van der Waals surface area contributed by atoms with Crippen LogP contribution in [-0.4, -0.2) is 5.84 Å². The third-order valence-corrected chi connectivity index (χ3v) is 3.98. The van der Waals surface area contributed by atoms with E-state index in [0.717, 1.165) is 25.6 Å². The van der Waals surface area contributed by atoms with E-state index >= 15 is 0 Å². The van der Waals surface area contributed by atoms with Crippen LogP contribution in [-0.2, 0) is 0 Å². The summed E-state index contributed by atoms with van der Waals surface area (Å²) in [6, 6.07) is 7.63. The Morgan fingerprint density at radius 1 is 1.35 bits per heavy atom. The maximum absolute atomic E-state index is 7.58. The van der Waals surface area contributed by atoms with Crippen molar-refractivity contribution >= 4 is 33.5 Å². The van der Waals surface area contributed by atoms with Gasteiger partial charge in [0.1, 0.15) is 11.6 Å². The zero-order valence-corrected chi connectivity index (χ0v) is 11.6. The number of halogens is 1. The highest BCUT2D eigenvalue weighted by Crippen LogP contribution is 2.34. The molecule has 3 N–H and O–H groups in total. The van der Waals surface area contributed by atoms with Crippen molar-refractivity contribution in [2.45, 2.75) is 16.7 Å². The smallest absolute Gasteiger partial charge is 0.123 e. The van der Waals surface area contributed by atoms with Crippen LogP contribution in [0.25, 0.3) is 0 Å². The molecule has 0 radical (unpaired) electrons. The highest BCUT2D eigenvalue weighted by Gasteiger charge is 2.10. The number of nitrogens with two attached hydrogens (primary N) is 1. The molecule has 17 heavy (non-hydrogen) atoms. The minimum Gasteiger partial charge on any atom is -0.468 e. The monoisotopic (exact) mass is 310 g/mol. The molecule has 1 aromatic heterocycles. The summed E-state index contributed by atoms with van der Waals surface area (Å²) in [5, 5.41) is 7.58. The quantitative estimate of drug-likeness (QED) is 0.669. The maximum atomic E-state index is 7.58. The van der Waals surface area contributed by atoms with Crippen molar-refractivity contribution in [1.82, 2.24) is 0 Å². The van der Waals surface area contributed by atoms with Crippen molar-refractivity contribution in [2.75, 3.05) is 0 Å². The van der Waals surface area contributed by atoms with Crippen molar-refractivity contribution in [3.8, 4) is 0 Å². The van der Waals surface area contributed by atoms with Gasteiger partial charge in [0.25, 0.3) is 0 Å². The van der Waals surface area contributed by atoms with Gasteiger partial charge in [0.2, 0.25) is 0 Å². The molecule has 0 aliphatic heterocycles. The predicted octanol–water partition coefficient (Wildman–Crippen LogP) is 3.79. The first-order valence-electron chi connectivity index (χ1n) is 4.94. The van der Waals surface area contributed by atoms with E-state index in [9.17, 15) is 0 Å². The first-order valence-corrected chi connectivity index (χ1v) is 6.55. The van der Waals surface area contributed by atoms with Gasteiger partial charge in [-0.3, -0.25) is 5.41 Å². The van der Waals surface area contributed by atoms with E-state index in [1.54, 1.807) is 18.0 Å². The summed E-state index contributed by atoms with van der Waals surface area (Å²) >= 11 is 4.93. The van der Waals surface area contributed by atoms with E-state index in [-0.39, 0.29) is 5.84 Å². The third kappa shape index (κ3) is 2.73. The number of amidine groups is 1. The lowest BCUT2D eigenvalue weighted by Gasteiger charge is -2.07. The van der Waals surface area contributed by atoms with Crippen LogP contribution in [0, 0.1) is 12.3 Å². The largest absolute Gasteiger partial charge is 0.468 e. The summed E-state index contributed by atoms with van der Waals surface area (Å²) in [6.45, 7) is 1.91. The van der Waals surface area contributed by atoms with E-state index in [0.29, 0.717) is 0 Å². The Bertz CT molecular complexity index is 565. The van der Waals surface area contributed by atoms with Crippen molar-refractivity contribution in [2.24, 2.45) is 5.73 Å². The normalized spacial score (nSPS) is 10.5. The summed E-state index contributed by atoms with van der Waals surface area (Å²) in [4.78, 5) is 1.99. The number of furan rings is 1. The summed E-state index contributed by atoms with van der Waals surface area (Å²) in [7, 11) is 0. The Morgan fingerprint density at radius 2 is 2.12 bits per heavy atom. The lowest BCUT2D eigenvalue weighted by atomic mass is 10.2. The molecule has 0 saturated carbocycles. The van der Waals surface area contributed by atoms with Crippen LogP contribution in [0.4, 0.5) is 0 Å². The van der Waals surface area contributed by atoms with E-state index in [4.69, 9.17) is 15.6 Å². The zero-order valence-electron chi connectivity index (χ0n) is 9.16. The van der Waals surface area contributed by atoms with Gasteiger partial charge in [-0.1, -0.05) is 27.7 Å². The molecular formula is C12H11BrN2OS. The number of aryl methyl sites for hydroxylation is 1. The molecule has 5 heteroatoms.